The van der Waals surface area contributed by atoms with Gasteiger partial charge in [0.05, 0.1) is 25.0 Å². The van der Waals surface area contributed by atoms with Crippen LogP contribution in [0.25, 0.3) is 72.6 Å². The first kappa shape index (κ1) is 48.5. The molecule has 4 heterocycles. The molecule has 66 heavy (non-hydrogen) atoms. The van der Waals surface area contributed by atoms with Gasteiger partial charge in [-0.1, -0.05) is 160 Å². The molecule has 0 spiro atoms. The molecule has 0 saturated heterocycles. The largest absolute Gasteiger partial charge is 0.501 e. The summed E-state index contributed by atoms with van der Waals surface area (Å²) in [5.74, 6) is 1.31. The summed E-state index contributed by atoms with van der Waals surface area (Å²) in [5.41, 5.74) is 15.3. The second-order valence-electron chi connectivity index (χ2n) is 21.5. The molecule has 0 bridgehead atoms. The van der Waals surface area contributed by atoms with Crippen molar-refractivity contribution < 1.29 is 24.5 Å². The summed E-state index contributed by atoms with van der Waals surface area (Å²) >= 11 is 0. The van der Waals surface area contributed by atoms with E-state index in [2.05, 4.69) is 191 Å². The zero-order valence-corrected chi connectivity index (χ0v) is 44.4. The van der Waals surface area contributed by atoms with Gasteiger partial charge in [0.1, 0.15) is 5.58 Å². The van der Waals surface area contributed by atoms with Crippen LogP contribution in [-0.4, -0.2) is 27.6 Å². The van der Waals surface area contributed by atoms with E-state index in [1.54, 1.807) is 0 Å². The molecule has 0 unspecified atom stereocenters. The molecule has 0 saturated carbocycles. The summed E-state index contributed by atoms with van der Waals surface area (Å²) < 4.78 is 8.81. The molecule has 1 radical (unpaired) electrons. The minimum absolute atomic E-state index is 0. The molecule has 5 nitrogen and oxygen atoms in total. The van der Waals surface area contributed by atoms with Crippen LogP contribution in [0.5, 0.6) is 0 Å². The molecule has 0 aliphatic heterocycles. The van der Waals surface area contributed by atoms with E-state index in [4.69, 9.17) is 19.4 Å². The SMILES string of the molecule is CC(C)(C)Cc1cc(-c2[c-]cccc2)ncc1[Si](C)(C)C.CC(C)c1cc(-c2ccccc2)cc(C(C)C)c1-n1c(-c2[c-]ccc3c2oc2ccccc23)nc2cc(C(C)(C)C)cnc21.[Ir]. The number of pyridine rings is 2. The molecule has 0 amide bonds. The number of rotatable bonds is 8. The Bertz CT molecular complexity index is 3100. The molecule has 9 rings (SSSR count). The number of aromatic nitrogens is 4. The van der Waals surface area contributed by atoms with Gasteiger partial charge in [0.2, 0.25) is 0 Å². The predicted octanol–water partition coefficient (Wildman–Crippen LogP) is 15.7. The fourth-order valence-corrected chi connectivity index (χ4v) is 10.4. The van der Waals surface area contributed by atoms with Crippen LogP contribution in [0.4, 0.5) is 0 Å². The summed E-state index contributed by atoms with van der Waals surface area (Å²) in [6.45, 7) is 29.8. The number of benzene rings is 5. The Labute approximate surface area is 407 Å². The Morgan fingerprint density at radius 3 is 1.97 bits per heavy atom. The van der Waals surface area contributed by atoms with Crippen LogP contribution in [0.2, 0.25) is 19.6 Å². The molecule has 5 aromatic carbocycles. The molecule has 0 atom stereocenters. The van der Waals surface area contributed by atoms with Crippen molar-refractivity contribution >= 4 is 46.4 Å². The smallest absolute Gasteiger partial charge is 0.155 e. The zero-order valence-electron chi connectivity index (χ0n) is 41.0. The van der Waals surface area contributed by atoms with Crippen LogP contribution >= 0.6 is 0 Å². The van der Waals surface area contributed by atoms with Gasteiger partial charge in [-0.15, -0.1) is 54.1 Å². The molecule has 0 aliphatic rings. The maximum absolute atomic E-state index is 6.53. The first-order chi connectivity index (χ1) is 30.8. The van der Waals surface area contributed by atoms with Gasteiger partial charge in [-0.2, -0.15) is 0 Å². The minimum Gasteiger partial charge on any atom is -0.501 e. The van der Waals surface area contributed by atoms with E-state index in [0.29, 0.717) is 0 Å². The van der Waals surface area contributed by atoms with Gasteiger partial charge >= 0.3 is 0 Å². The van der Waals surface area contributed by atoms with E-state index >= 15 is 0 Å². The normalized spacial score (nSPS) is 12.2. The number of para-hydroxylation sites is 1. The van der Waals surface area contributed by atoms with Gasteiger partial charge in [-0.25, -0.2) is 4.98 Å². The van der Waals surface area contributed by atoms with Crippen molar-refractivity contribution in [3.05, 3.63) is 162 Å². The van der Waals surface area contributed by atoms with Crippen molar-refractivity contribution in [3.8, 4) is 39.5 Å². The van der Waals surface area contributed by atoms with Gasteiger partial charge in [-0.05, 0) is 92.0 Å². The van der Waals surface area contributed by atoms with E-state index in [1.165, 1.54) is 33.0 Å². The quantitative estimate of drug-likeness (QED) is 0.112. The second-order valence-corrected chi connectivity index (χ2v) is 26.5. The Balaban J connectivity index is 0.000000249. The second kappa shape index (κ2) is 19.0. The van der Waals surface area contributed by atoms with Crippen molar-refractivity contribution in [2.45, 2.75) is 113 Å². The van der Waals surface area contributed by atoms with Crippen molar-refractivity contribution in [1.82, 2.24) is 19.5 Å². The Morgan fingerprint density at radius 1 is 0.682 bits per heavy atom. The summed E-state index contributed by atoms with van der Waals surface area (Å²) in [7, 11) is -1.37. The fraction of sp³-hybridized carbons (Fsp3) is 0.305. The third-order valence-corrected chi connectivity index (χ3v) is 14.2. The summed E-state index contributed by atoms with van der Waals surface area (Å²) in [6.07, 6.45) is 5.22. The van der Waals surface area contributed by atoms with Crippen LogP contribution < -0.4 is 5.19 Å². The Morgan fingerprint density at radius 2 is 1.35 bits per heavy atom. The van der Waals surface area contributed by atoms with E-state index < -0.39 is 8.07 Å². The van der Waals surface area contributed by atoms with Gasteiger partial charge in [0.15, 0.2) is 5.65 Å². The summed E-state index contributed by atoms with van der Waals surface area (Å²) in [5, 5.41) is 3.63. The van der Waals surface area contributed by atoms with Crippen molar-refractivity contribution in [2.24, 2.45) is 5.41 Å². The molecular weight excluding hydrogens is 1000 g/mol. The van der Waals surface area contributed by atoms with Crippen molar-refractivity contribution in [2.75, 3.05) is 0 Å². The van der Waals surface area contributed by atoms with Crippen LogP contribution in [0, 0.1) is 17.5 Å². The summed E-state index contributed by atoms with van der Waals surface area (Å²) in [4.78, 5) is 15.2. The molecule has 7 heteroatoms. The van der Waals surface area contributed by atoms with Gasteiger partial charge in [0, 0.05) is 43.6 Å². The van der Waals surface area contributed by atoms with Crippen LogP contribution in [0.1, 0.15) is 103 Å². The maximum Gasteiger partial charge on any atom is 0.155 e. The standard InChI is InChI=1S/C40H38N3O.C19H26NSi.Ir/c1-24(2)32-20-27(26-14-9-8-10-15-26)21-33(25(3)4)36(32)43-38(42-34-22-28(40(5,6)7)23-41-39(34)43)31-18-13-17-30-29-16-11-12-19-35(29)44-37(30)31;1-19(2,3)13-16-12-17(15-10-8-7-9-11-15)20-14-18(16)21(4,5)6;/h8-17,19-25H,1-7H3;7-10,12,14H,13H2,1-6H3;/q2*-1;. The molecule has 0 aliphatic carbocycles. The number of fused-ring (bicyclic) bond motifs is 4. The summed E-state index contributed by atoms with van der Waals surface area (Å²) in [6, 6.07) is 47.0. The molecule has 0 N–H and O–H groups in total. The monoisotopic (exact) mass is 1070 g/mol. The predicted molar refractivity (Wildman–Crippen MR) is 277 cm³/mol. The average Bonchev–Trinajstić information content (AvgIpc) is 3.84. The maximum atomic E-state index is 6.53. The van der Waals surface area contributed by atoms with Gasteiger partial charge < -0.3 is 14.0 Å². The van der Waals surface area contributed by atoms with Gasteiger partial charge in [-0.3, -0.25) is 4.98 Å². The first-order valence-electron chi connectivity index (χ1n) is 23.2. The number of nitrogens with zero attached hydrogens (tertiary/aromatic N) is 4. The van der Waals surface area contributed by atoms with Crippen molar-refractivity contribution in [1.29, 1.82) is 0 Å². The van der Waals surface area contributed by atoms with E-state index in [-0.39, 0.29) is 42.8 Å². The number of hydrogen-bond donors (Lipinski definition) is 0. The Kier molecular flexibility index (Phi) is 14.0. The third kappa shape index (κ3) is 10.1. The molecule has 341 valence electrons. The number of hydrogen-bond acceptors (Lipinski definition) is 4. The molecule has 4 aromatic heterocycles. The molecule has 0 fully saturated rings. The van der Waals surface area contributed by atoms with Crippen LogP contribution in [-0.2, 0) is 31.9 Å². The van der Waals surface area contributed by atoms with Gasteiger partial charge in [0.25, 0.3) is 0 Å². The number of imidazole rings is 1. The molecular formula is C59H64IrN4OSi-2. The molecule has 9 aromatic rings. The topological polar surface area (TPSA) is 56.7 Å². The number of furan rings is 1. The average molecular weight is 1070 g/mol. The third-order valence-electron chi connectivity index (χ3n) is 12.2. The van der Waals surface area contributed by atoms with E-state index in [0.717, 1.165) is 73.4 Å². The zero-order chi connectivity index (χ0) is 46.4. The minimum atomic E-state index is -1.37. The van der Waals surface area contributed by atoms with E-state index in [9.17, 15) is 0 Å². The van der Waals surface area contributed by atoms with Crippen LogP contribution in [0.3, 0.4) is 0 Å². The first-order valence-corrected chi connectivity index (χ1v) is 26.7. The van der Waals surface area contributed by atoms with Crippen molar-refractivity contribution in [3.63, 3.8) is 0 Å². The van der Waals surface area contributed by atoms with Crippen LogP contribution in [0.15, 0.2) is 132 Å². The van der Waals surface area contributed by atoms with E-state index in [1.807, 2.05) is 42.6 Å². The Hall–Kier alpha value is -5.46. The fourth-order valence-electron chi connectivity index (χ4n) is 8.82.